The number of amides is 1. The van der Waals surface area contributed by atoms with Gasteiger partial charge in [-0.25, -0.2) is 9.59 Å². The van der Waals surface area contributed by atoms with Crippen LogP contribution in [0.4, 0.5) is 5.69 Å². The highest BCUT2D eigenvalue weighted by atomic mass is 35.5. The SMILES string of the molecule is C=CCn1c(SCC(=O)Nc2cc(C(=O)OC)cc(C(=O)OC)c2)nnc1C(C)Oc1cc(Cl)ccc1Cl. The number of allylic oxidation sites excluding steroid dienone is 1. The maximum Gasteiger partial charge on any atom is 0.337 e. The fourth-order valence-electron chi connectivity index (χ4n) is 3.32. The minimum absolute atomic E-state index is 0.0410. The number of benzene rings is 2. The number of esters is 2. The van der Waals surface area contributed by atoms with Gasteiger partial charge in [-0.3, -0.25) is 9.36 Å². The fraction of sp³-hybridized carbons (Fsp3) is 0.240. The van der Waals surface area contributed by atoms with E-state index in [4.69, 9.17) is 37.4 Å². The number of hydrogen-bond donors (Lipinski definition) is 1. The van der Waals surface area contributed by atoms with E-state index in [-0.39, 0.29) is 22.6 Å². The van der Waals surface area contributed by atoms with Crippen molar-refractivity contribution in [1.82, 2.24) is 14.8 Å². The van der Waals surface area contributed by atoms with Crippen LogP contribution in [-0.4, -0.2) is 52.6 Å². The maximum atomic E-state index is 12.7. The maximum absolute atomic E-state index is 12.7. The molecule has 200 valence electrons. The smallest absolute Gasteiger partial charge is 0.337 e. The van der Waals surface area contributed by atoms with Crippen LogP contribution in [0.25, 0.3) is 0 Å². The Labute approximate surface area is 233 Å². The second kappa shape index (κ2) is 13.3. The van der Waals surface area contributed by atoms with Crippen LogP contribution in [-0.2, 0) is 20.8 Å². The molecule has 13 heteroatoms. The number of carbonyl (C=O) groups is 3. The van der Waals surface area contributed by atoms with Crippen LogP contribution in [0.5, 0.6) is 5.75 Å². The number of anilines is 1. The minimum atomic E-state index is -0.666. The molecule has 1 unspecified atom stereocenters. The molecule has 10 nitrogen and oxygen atoms in total. The summed E-state index contributed by atoms with van der Waals surface area (Å²) in [6.07, 6.45) is 1.13. The Balaban J connectivity index is 1.74. The number of nitrogens with one attached hydrogen (secondary N) is 1. The van der Waals surface area contributed by atoms with Crippen molar-refractivity contribution in [2.75, 3.05) is 25.3 Å². The lowest BCUT2D eigenvalue weighted by Crippen LogP contribution is -2.17. The Kier molecular flexibility index (Phi) is 10.2. The van der Waals surface area contributed by atoms with E-state index in [2.05, 4.69) is 22.1 Å². The summed E-state index contributed by atoms with van der Waals surface area (Å²) < 4.78 is 17.2. The van der Waals surface area contributed by atoms with Gasteiger partial charge in [0.2, 0.25) is 5.91 Å². The molecule has 1 atom stereocenters. The number of methoxy groups -OCH3 is 2. The van der Waals surface area contributed by atoms with Gasteiger partial charge in [-0.2, -0.15) is 0 Å². The zero-order chi connectivity index (χ0) is 27.8. The van der Waals surface area contributed by atoms with Crippen molar-refractivity contribution >= 4 is 58.5 Å². The third-order valence-electron chi connectivity index (χ3n) is 5.01. The van der Waals surface area contributed by atoms with Gasteiger partial charge in [-0.1, -0.05) is 41.0 Å². The Hall–Kier alpha value is -3.54. The van der Waals surface area contributed by atoms with Crippen LogP contribution in [0.15, 0.2) is 54.2 Å². The fourth-order valence-corrected chi connectivity index (χ4v) is 4.40. The van der Waals surface area contributed by atoms with Crippen LogP contribution in [0.2, 0.25) is 10.0 Å². The Morgan fingerprint density at radius 2 is 1.74 bits per heavy atom. The van der Waals surface area contributed by atoms with Gasteiger partial charge in [0.05, 0.1) is 36.1 Å². The molecule has 0 aliphatic heterocycles. The largest absolute Gasteiger partial charge is 0.481 e. The van der Waals surface area contributed by atoms with Gasteiger partial charge in [0.1, 0.15) is 5.75 Å². The number of carbonyl (C=O) groups excluding carboxylic acids is 3. The molecule has 1 heterocycles. The lowest BCUT2D eigenvalue weighted by Gasteiger charge is -2.16. The van der Waals surface area contributed by atoms with E-state index in [9.17, 15) is 14.4 Å². The molecule has 1 N–H and O–H groups in total. The monoisotopic (exact) mass is 578 g/mol. The van der Waals surface area contributed by atoms with Gasteiger partial charge in [0.25, 0.3) is 0 Å². The molecule has 0 aliphatic carbocycles. The van der Waals surface area contributed by atoms with Crippen molar-refractivity contribution < 1.29 is 28.6 Å². The number of aromatic nitrogens is 3. The molecule has 0 aliphatic rings. The predicted molar refractivity (Wildman–Crippen MR) is 144 cm³/mol. The van der Waals surface area contributed by atoms with Crippen molar-refractivity contribution in [2.45, 2.75) is 24.7 Å². The number of ether oxygens (including phenoxy) is 3. The number of rotatable bonds is 11. The van der Waals surface area contributed by atoms with E-state index in [0.29, 0.717) is 33.3 Å². The summed E-state index contributed by atoms with van der Waals surface area (Å²) in [7, 11) is 2.43. The van der Waals surface area contributed by atoms with E-state index in [0.717, 1.165) is 11.8 Å². The molecule has 0 fully saturated rings. The first-order chi connectivity index (χ1) is 18.2. The summed E-state index contributed by atoms with van der Waals surface area (Å²) >= 11 is 13.4. The van der Waals surface area contributed by atoms with Gasteiger partial charge >= 0.3 is 11.9 Å². The predicted octanol–water partition coefficient (Wildman–Crippen LogP) is 5.21. The van der Waals surface area contributed by atoms with Crippen LogP contribution in [0.1, 0.15) is 39.6 Å². The van der Waals surface area contributed by atoms with Crippen LogP contribution >= 0.6 is 35.0 Å². The highest BCUT2D eigenvalue weighted by Gasteiger charge is 2.21. The third-order valence-corrected chi connectivity index (χ3v) is 6.52. The minimum Gasteiger partial charge on any atom is -0.481 e. The van der Waals surface area contributed by atoms with Gasteiger partial charge in [0, 0.05) is 23.3 Å². The number of halogens is 2. The van der Waals surface area contributed by atoms with Crippen molar-refractivity contribution in [1.29, 1.82) is 0 Å². The highest BCUT2D eigenvalue weighted by Crippen LogP contribution is 2.32. The Morgan fingerprint density at radius 1 is 1.08 bits per heavy atom. The molecule has 3 aromatic rings. The summed E-state index contributed by atoms with van der Waals surface area (Å²) in [6, 6.07) is 9.02. The lowest BCUT2D eigenvalue weighted by atomic mass is 10.1. The average Bonchev–Trinajstić information content (AvgIpc) is 3.31. The molecule has 1 aromatic heterocycles. The van der Waals surface area contributed by atoms with E-state index < -0.39 is 23.9 Å². The van der Waals surface area contributed by atoms with Gasteiger partial charge in [-0.15, -0.1) is 16.8 Å². The molecule has 3 rings (SSSR count). The summed E-state index contributed by atoms with van der Waals surface area (Å²) in [4.78, 5) is 36.7. The molecule has 0 saturated carbocycles. The molecule has 0 radical (unpaired) electrons. The second-order valence-corrected chi connectivity index (χ2v) is 9.48. The Bertz CT molecular complexity index is 1330. The molecule has 1 amide bonds. The summed E-state index contributed by atoms with van der Waals surface area (Å²) in [5, 5.41) is 12.4. The molecule has 0 spiro atoms. The lowest BCUT2D eigenvalue weighted by molar-refractivity contribution is -0.113. The van der Waals surface area contributed by atoms with Gasteiger partial charge in [0.15, 0.2) is 17.1 Å². The molecular formula is C25H24Cl2N4O6S. The topological polar surface area (TPSA) is 122 Å². The normalized spacial score (nSPS) is 11.4. The molecule has 2 aromatic carbocycles. The summed E-state index contributed by atoms with van der Waals surface area (Å²) in [5.74, 6) is -0.883. The number of thioether (sulfide) groups is 1. The van der Waals surface area contributed by atoms with Gasteiger partial charge in [-0.05, 0) is 37.3 Å². The van der Waals surface area contributed by atoms with E-state index in [1.807, 2.05) is 0 Å². The van der Waals surface area contributed by atoms with Gasteiger partial charge < -0.3 is 19.5 Å². The van der Waals surface area contributed by atoms with E-state index in [1.54, 1.807) is 35.8 Å². The first kappa shape index (κ1) is 29.0. The third kappa shape index (κ3) is 7.27. The van der Waals surface area contributed by atoms with Crippen molar-refractivity contribution in [3.63, 3.8) is 0 Å². The molecule has 0 saturated heterocycles. The first-order valence-electron chi connectivity index (χ1n) is 11.1. The van der Waals surface area contributed by atoms with Crippen LogP contribution < -0.4 is 10.1 Å². The first-order valence-corrected chi connectivity index (χ1v) is 12.8. The van der Waals surface area contributed by atoms with Crippen molar-refractivity contribution in [2.24, 2.45) is 0 Å². The Morgan fingerprint density at radius 3 is 2.34 bits per heavy atom. The van der Waals surface area contributed by atoms with Crippen LogP contribution in [0.3, 0.4) is 0 Å². The highest BCUT2D eigenvalue weighted by molar-refractivity contribution is 7.99. The van der Waals surface area contributed by atoms with Crippen molar-refractivity contribution in [3.8, 4) is 5.75 Å². The summed E-state index contributed by atoms with van der Waals surface area (Å²) in [5.41, 5.74) is 0.401. The van der Waals surface area contributed by atoms with E-state index >= 15 is 0 Å². The summed E-state index contributed by atoms with van der Waals surface area (Å²) in [6.45, 7) is 5.93. The second-order valence-electron chi connectivity index (χ2n) is 7.69. The molecule has 38 heavy (non-hydrogen) atoms. The van der Waals surface area contributed by atoms with E-state index in [1.165, 1.54) is 32.4 Å². The van der Waals surface area contributed by atoms with Crippen molar-refractivity contribution in [3.05, 3.63) is 76.0 Å². The zero-order valence-electron chi connectivity index (χ0n) is 20.7. The zero-order valence-corrected chi connectivity index (χ0v) is 23.0. The quantitative estimate of drug-likeness (QED) is 0.185. The number of nitrogens with zero attached hydrogens (tertiary/aromatic N) is 3. The standard InChI is InChI=1S/C25H24Cl2N4O6S/c1-5-8-31-22(14(2)37-20-12-17(26)6-7-19(20)27)29-30-25(31)38-13-21(32)28-18-10-15(23(33)35-3)9-16(11-18)24(34)36-4/h5-7,9-12,14H,1,8,13H2,2-4H3,(H,28,32). The number of hydrogen-bond acceptors (Lipinski definition) is 9. The molecule has 0 bridgehead atoms. The average molecular weight is 579 g/mol. The molecular weight excluding hydrogens is 555 g/mol. The van der Waals surface area contributed by atoms with Crippen LogP contribution in [0, 0.1) is 0 Å².